The van der Waals surface area contributed by atoms with Gasteiger partial charge in [-0.1, -0.05) is 143 Å². The Bertz CT molecular complexity index is 4100. The first-order chi connectivity index (χ1) is 36.1. The largest absolute Gasteiger partial charge is 0.334 e. The Balaban J connectivity index is 1.08. The lowest BCUT2D eigenvalue weighted by atomic mass is 9.61. The minimum absolute atomic E-state index is 0.115. The van der Waals surface area contributed by atoms with Gasteiger partial charge in [0, 0.05) is 33.6 Å². The Morgan fingerprint density at radius 3 is 1.38 bits per heavy atom. The van der Waals surface area contributed by atoms with E-state index in [2.05, 4.69) is 207 Å². The van der Waals surface area contributed by atoms with Gasteiger partial charge < -0.3 is 9.80 Å². The maximum Gasteiger partial charge on any atom is 0.0992 e. The summed E-state index contributed by atoms with van der Waals surface area (Å²) in [5.41, 5.74) is 15.7. The van der Waals surface area contributed by atoms with E-state index >= 15 is 0 Å². The summed E-state index contributed by atoms with van der Waals surface area (Å²) in [6, 6.07) is 72.6. The number of hydrogen-bond acceptors (Lipinski definition) is 4. The highest BCUT2D eigenvalue weighted by molar-refractivity contribution is 6.27. The third kappa shape index (κ3) is 6.06. The molecule has 74 heavy (non-hydrogen) atoms. The first-order valence-corrected chi connectivity index (χ1v) is 26.9. The van der Waals surface area contributed by atoms with Crippen LogP contribution in [0.15, 0.2) is 182 Å². The van der Waals surface area contributed by atoms with Gasteiger partial charge in [-0.2, -0.15) is 10.5 Å². The number of benzene rings is 10. The van der Waals surface area contributed by atoms with Crippen molar-refractivity contribution in [2.75, 3.05) is 9.80 Å². The summed E-state index contributed by atoms with van der Waals surface area (Å²) in [5, 5.41) is 30.1. The molecule has 14 rings (SSSR count). The van der Waals surface area contributed by atoms with Crippen molar-refractivity contribution in [3.8, 4) is 45.5 Å². The second-order valence-electron chi connectivity index (χ2n) is 22.8. The van der Waals surface area contributed by atoms with Crippen molar-refractivity contribution in [1.82, 2.24) is 0 Å². The van der Waals surface area contributed by atoms with Crippen LogP contribution in [0.5, 0.6) is 0 Å². The maximum absolute atomic E-state index is 10.1. The van der Waals surface area contributed by atoms with Crippen LogP contribution in [0.3, 0.4) is 0 Å². The summed E-state index contributed by atoms with van der Waals surface area (Å²) in [4.78, 5) is 5.17. The molecule has 0 bridgehead atoms. The smallest absolute Gasteiger partial charge is 0.0992 e. The monoisotopic (exact) mass is 954 g/mol. The van der Waals surface area contributed by atoms with Gasteiger partial charge in [-0.05, 0) is 206 Å². The zero-order valence-electron chi connectivity index (χ0n) is 42.8. The lowest BCUT2D eigenvalue weighted by Crippen LogP contribution is -2.54. The van der Waals surface area contributed by atoms with Gasteiger partial charge in [0.1, 0.15) is 0 Å². The van der Waals surface area contributed by atoms with Gasteiger partial charge in [0.2, 0.25) is 0 Å². The molecule has 10 aromatic carbocycles. The molecule has 2 fully saturated rings. The van der Waals surface area contributed by atoms with Crippen LogP contribution < -0.4 is 9.80 Å². The molecule has 2 saturated carbocycles. The molecule has 0 N–H and O–H groups in total. The van der Waals surface area contributed by atoms with E-state index in [0.717, 1.165) is 37.1 Å². The van der Waals surface area contributed by atoms with E-state index in [1.807, 2.05) is 24.3 Å². The fourth-order valence-corrected chi connectivity index (χ4v) is 15.3. The van der Waals surface area contributed by atoms with Gasteiger partial charge in [0.15, 0.2) is 0 Å². The van der Waals surface area contributed by atoms with Gasteiger partial charge in [0.05, 0.1) is 34.3 Å². The first-order valence-electron chi connectivity index (χ1n) is 26.9. The van der Waals surface area contributed by atoms with E-state index in [1.165, 1.54) is 125 Å². The van der Waals surface area contributed by atoms with Crippen molar-refractivity contribution in [3.63, 3.8) is 0 Å². The molecule has 4 unspecified atom stereocenters. The maximum atomic E-state index is 10.1. The molecule has 2 heterocycles. The van der Waals surface area contributed by atoms with E-state index in [1.54, 1.807) is 0 Å². The molecule has 10 aromatic rings. The Morgan fingerprint density at radius 2 is 0.851 bits per heavy atom. The van der Waals surface area contributed by atoms with Crippen molar-refractivity contribution in [3.05, 3.63) is 204 Å². The molecule has 4 aliphatic rings. The molecule has 358 valence electrons. The highest BCUT2D eigenvalue weighted by Gasteiger charge is 2.59. The van der Waals surface area contributed by atoms with Gasteiger partial charge in [-0.25, -0.2) is 0 Å². The van der Waals surface area contributed by atoms with Crippen molar-refractivity contribution in [2.45, 2.75) is 101 Å². The number of hydrogen-bond donors (Lipinski definition) is 0. The minimum atomic E-state index is -0.164. The van der Waals surface area contributed by atoms with Crippen LogP contribution in [-0.4, -0.2) is 11.1 Å². The molecular weight excluding hydrogens is 897 g/mol. The molecule has 0 saturated heterocycles. The molecule has 0 amide bonds. The van der Waals surface area contributed by atoms with Crippen molar-refractivity contribution >= 4 is 65.8 Å². The number of nitriles is 2. The van der Waals surface area contributed by atoms with Gasteiger partial charge in [0.25, 0.3) is 0 Å². The summed E-state index contributed by atoms with van der Waals surface area (Å²) < 4.78 is 0. The quantitative estimate of drug-likeness (QED) is 0.127. The average Bonchev–Trinajstić information content (AvgIpc) is 3.81. The zero-order chi connectivity index (χ0) is 50.1. The second kappa shape index (κ2) is 16.2. The fourth-order valence-electron chi connectivity index (χ4n) is 15.3. The molecule has 0 radical (unpaired) electrons. The molecule has 4 nitrogen and oxygen atoms in total. The van der Waals surface area contributed by atoms with Gasteiger partial charge in [-0.15, -0.1) is 0 Å². The SMILES string of the molecule is CC12CCCCC1(C)N(c1cccc(C#N)c1)c1ccc(-c3c4ccccc4c(-c4ccc5c(c4)C4(C)CCCCC4(C)N5c4cccc(C#N)c4)c4cc5c(cc34)c(-c3ccccc3)cc3ccccc35)cc12. The summed E-state index contributed by atoms with van der Waals surface area (Å²) in [6.45, 7) is 9.98. The minimum Gasteiger partial charge on any atom is -0.334 e. The molecule has 0 spiro atoms. The lowest BCUT2D eigenvalue weighted by Gasteiger charge is -2.50. The second-order valence-corrected chi connectivity index (χ2v) is 22.8. The number of anilines is 4. The topological polar surface area (TPSA) is 54.1 Å². The summed E-state index contributed by atoms with van der Waals surface area (Å²) >= 11 is 0. The van der Waals surface area contributed by atoms with Gasteiger partial charge >= 0.3 is 0 Å². The third-order valence-electron chi connectivity index (χ3n) is 19.3. The van der Waals surface area contributed by atoms with Gasteiger partial charge in [-0.3, -0.25) is 0 Å². The number of rotatable bonds is 5. The Labute approximate surface area is 434 Å². The van der Waals surface area contributed by atoms with Crippen LogP contribution in [0.2, 0.25) is 0 Å². The molecule has 4 heteroatoms. The summed E-state index contributed by atoms with van der Waals surface area (Å²) in [6.07, 6.45) is 9.10. The van der Waals surface area contributed by atoms with Crippen LogP contribution in [0, 0.1) is 22.7 Å². The zero-order valence-corrected chi connectivity index (χ0v) is 42.8. The molecule has 0 aromatic heterocycles. The van der Waals surface area contributed by atoms with Crippen LogP contribution in [0.25, 0.3) is 76.5 Å². The normalized spacial score (nSPS) is 22.8. The fraction of sp³-hybridized carbons (Fsp3) is 0.229. The molecule has 4 atom stereocenters. The van der Waals surface area contributed by atoms with Crippen LogP contribution in [-0.2, 0) is 10.8 Å². The average molecular weight is 955 g/mol. The van der Waals surface area contributed by atoms with E-state index in [-0.39, 0.29) is 21.9 Å². The van der Waals surface area contributed by atoms with Crippen LogP contribution in [0.4, 0.5) is 22.7 Å². The third-order valence-corrected chi connectivity index (χ3v) is 19.3. The predicted octanol–water partition coefficient (Wildman–Crippen LogP) is 18.5. The molecular formula is C70H58N4. The van der Waals surface area contributed by atoms with Crippen LogP contribution >= 0.6 is 0 Å². The Hall–Kier alpha value is -8.18. The van der Waals surface area contributed by atoms with E-state index in [4.69, 9.17) is 0 Å². The van der Waals surface area contributed by atoms with Crippen molar-refractivity contribution in [1.29, 1.82) is 10.5 Å². The van der Waals surface area contributed by atoms with E-state index in [0.29, 0.717) is 11.1 Å². The summed E-state index contributed by atoms with van der Waals surface area (Å²) in [5.74, 6) is 0. The Morgan fingerprint density at radius 1 is 0.378 bits per heavy atom. The molecule has 2 aliphatic heterocycles. The first kappa shape index (κ1) is 44.5. The number of fused-ring (bicyclic) bond motifs is 11. The van der Waals surface area contributed by atoms with Crippen molar-refractivity contribution in [2.24, 2.45) is 0 Å². The Kier molecular flexibility index (Phi) is 9.72. The van der Waals surface area contributed by atoms with E-state index < -0.39 is 0 Å². The standard InChI is InChI=1S/C70H58N4/c1-67-32-12-14-34-69(67,3)73(51-23-16-18-45(36-51)43-71)63-30-28-49(39-61(63)67)65-54-26-10-11-27-55(54)66(60-42-58-56(47-20-6-5-7-21-47)38-48-22-8-9-25-53(48)57(58)41-59(60)65)50-29-31-64-62(40-50)68(2)33-13-15-35-70(68,4)74(64)52-24-17-19-46(37-52)44-72/h5-11,16-31,36-42H,12-15,32-35H2,1-4H3. The summed E-state index contributed by atoms with van der Waals surface area (Å²) in [7, 11) is 0. The van der Waals surface area contributed by atoms with Crippen LogP contribution in [0.1, 0.15) is 101 Å². The lowest BCUT2D eigenvalue weighted by molar-refractivity contribution is 0.195. The predicted molar refractivity (Wildman–Crippen MR) is 308 cm³/mol. The number of nitrogens with zero attached hydrogens (tertiary/aromatic N) is 4. The molecule has 2 aliphatic carbocycles. The highest BCUT2D eigenvalue weighted by Crippen LogP contribution is 2.64. The van der Waals surface area contributed by atoms with E-state index in [9.17, 15) is 10.5 Å². The highest BCUT2D eigenvalue weighted by atomic mass is 15.3. The van der Waals surface area contributed by atoms with Crippen molar-refractivity contribution < 1.29 is 0 Å².